The van der Waals surface area contributed by atoms with Gasteiger partial charge in [-0.1, -0.05) is 6.42 Å². The molecule has 5 nitrogen and oxygen atoms in total. The molecule has 1 N–H and O–H groups in total. The summed E-state index contributed by atoms with van der Waals surface area (Å²) in [6.07, 6.45) is 8.04. The average Bonchev–Trinajstić information content (AvgIpc) is 2.41. The summed E-state index contributed by atoms with van der Waals surface area (Å²) in [5.74, 6) is 1.54. The highest BCUT2D eigenvalue weighted by Gasteiger charge is 2.35. The predicted octanol–water partition coefficient (Wildman–Crippen LogP) is 2.30. The zero-order valence-corrected chi connectivity index (χ0v) is 12.4. The van der Waals surface area contributed by atoms with Crippen LogP contribution in [-0.2, 0) is 0 Å². The van der Waals surface area contributed by atoms with Crippen LogP contribution in [0.1, 0.15) is 39.0 Å². The second-order valence-electron chi connectivity index (χ2n) is 5.89. The van der Waals surface area contributed by atoms with Crippen molar-refractivity contribution >= 4 is 5.82 Å². The smallest absolute Gasteiger partial charge is 0.218 e. The Morgan fingerprint density at radius 2 is 2.05 bits per heavy atom. The number of aromatic nitrogens is 2. The SMILES string of the molecule is CCOc1cc(NC2CC3CCCC(C2)N3C)ncn1. The van der Waals surface area contributed by atoms with Crippen molar-refractivity contribution in [3.63, 3.8) is 0 Å². The Kier molecular flexibility index (Phi) is 4.05. The van der Waals surface area contributed by atoms with Crippen LogP contribution in [0.4, 0.5) is 5.82 Å². The van der Waals surface area contributed by atoms with Gasteiger partial charge in [0.25, 0.3) is 0 Å². The van der Waals surface area contributed by atoms with Gasteiger partial charge >= 0.3 is 0 Å². The number of rotatable bonds is 4. The van der Waals surface area contributed by atoms with Crippen LogP contribution in [0.3, 0.4) is 0 Å². The van der Waals surface area contributed by atoms with Gasteiger partial charge in [-0.15, -0.1) is 0 Å². The monoisotopic (exact) mass is 276 g/mol. The molecule has 0 aromatic carbocycles. The third-order valence-electron chi connectivity index (χ3n) is 4.63. The molecule has 110 valence electrons. The van der Waals surface area contributed by atoms with E-state index in [1.807, 2.05) is 13.0 Å². The molecule has 0 amide bonds. The van der Waals surface area contributed by atoms with E-state index < -0.39 is 0 Å². The molecule has 2 fully saturated rings. The summed E-state index contributed by atoms with van der Waals surface area (Å²) in [5.41, 5.74) is 0. The normalized spacial score (nSPS) is 30.0. The van der Waals surface area contributed by atoms with Crippen molar-refractivity contribution in [3.05, 3.63) is 12.4 Å². The van der Waals surface area contributed by atoms with E-state index >= 15 is 0 Å². The first-order valence-corrected chi connectivity index (χ1v) is 7.69. The summed E-state index contributed by atoms with van der Waals surface area (Å²) in [4.78, 5) is 11.0. The van der Waals surface area contributed by atoms with Crippen LogP contribution in [0.15, 0.2) is 12.4 Å². The lowest BCUT2D eigenvalue weighted by atomic mass is 9.82. The molecule has 0 aliphatic carbocycles. The van der Waals surface area contributed by atoms with Crippen LogP contribution in [-0.4, -0.2) is 46.6 Å². The lowest BCUT2D eigenvalue weighted by molar-refractivity contribution is 0.0608. The van der Waals surface area contributed by atoms with Crippen molar-refractivity contribution in [1.29, 1.82) is 0 Å². The van der Waals surface area contributed by atoms with Gasteiger partial charge in [0.15, 0.2) is 0 Å². The number of ether oxygens (including phenoxy) is 1. The first-order chi connectivity index (χ1) is 9.76. The molecular weight excluding hydrogens is 252 g/mol. The van der Waals surface area contributed by atoms with Gasteiger partial charge in [0.1, 0.15) is 12.1 Å². The highest BCUT2D eigenvalue weighted by molar-refractivity contribution is 5.38. The van der Waals surface area contributed by atoms with Gasteiger partial charge in [-0.2, -0.15) is 0 Å². The van der Waals surface area contributed by atoms with Gasteiger partial charge < -0.3 is 15.0 Å². The topological polar surface area (TPSA) is 50.3 Å². The molecule has 0 spiro atoms. The van der Waals surface area contributed by atoms with E-state index in [0.29, 0.717) is 18.5 Å². The van der Waals surface area contributed by atoms with Crippen molar-refractivity contribution in [2.75, 3.05) is 19.0 Å². The summed E-state index contributed by atoms with van der Waals surface area (Å²) < 4.78 is 5.43. The number of piperidine rings is 2. The molecule has 20 heavy (non-hydrogen) atoms. The van der Waals surface area contributed by atoms with Gasteiger partial charge in [0, 0.05) is 24.2 Å². The molecule has 2 atom stereocenters. The standard InChI is InChI=1S/C15H24N4O/c1-3-20-15-9-14(16-10-17-15)18-11-7-12-5-4-6-13(8-11)19(12)2/h9-13H,3-8H2,1-2H3,(H,16,17,18). The van der Waals surface area contributed by atoms with Crippen LogP contribution in [0, 0.1) is 0 Å². The Bertz CT molecular complexity index is 439. The van der Waals surface area contributed by atoms with E-state index in [-0.39, 0.29) is 0 Å². The number of nitrogens with zero attached hydrogens (tertiary/aromatic N) is 3. The Hall–Kier alpha value is -1.36. The third-order valence-corrected chi connectivity index (χ3v) is 4.63. The molecule has 0 saturated carbocycles. The molecule has 2 unspecified atom stereocenters. The fourth-order valence-corrected chi connectivity index (χ4v) is 3.59. The third kappa shape index (κ3) is 2.87. The van der Waals surface area contributed by atoms with Crippen molar-refractivity contribution in [3.8, 4) is 5.88 Å². The zero-order chi connectivity index (χ0) is 13.9. The van der Waals surface area contributed by atoms with Crippen LogP contribution in [0.2, 0.25) is 0 Å². The lowest BCUT2D eigenvalue weighted by Crippen LogP contribution is -2.52. The second kappa shape index (κ2) is 5.95. The Labute approximate surface area is 120 Å². The van der Waals surface area contributed by atoms with Crippen molar-refractivity contribution in [1.82, 2.24) is 14.9 Å². The first kappa shape index (κ1) is 13.6. The van der Waals surface area contributed by atoms with Crippen molar-refractivity contribution in [2.45, 2.75) is 57.2 Å². The molecule has 2 aliphatic heterocycles. The van der Waals surface area contributed by atoms with E-state index in [9.17, 15) is 0 Å². The molecule has 1 aromatic heterocycles. The quantitative estimate of drug-likeness (QED) is 0.914. The summed E-state index contributed by atoms with van der Waals surface area (Å²) in [7, 11) is 2.28. The maximum absolute atomic E-state index is 5.43. The molecule has 2 saturated heterocycles. The van der Waals surface area contributed by atoms with Crippen LogP contribution < -0.4 is 10.1 Å². The Morgan fingerprint density at radius 1 is 1.30 bits per heavy atom. The summed E-state index contributed by atoms with van der Waals surface area (Å²) in [5, 5.41) is 3.57. The predicted molar refractivity (Wildman–Crippen MR) is 79.0 cm³/mol. The molecule has 5 heteroatoms. The van der Waals surface area contributed by atoms with Crippen LogP contribution in [0.5, 0.6) is 5.88 Å². The first-order valence-electron chi connectivity index (χ1n) is 7.69. The largest absolute Gasteiger partial charge is 0.478 e. The highest BCUT2D eigenvalue weighted by atomic mass is 16.5. The van der Waals surface area contributed by atoms with Gasteiger partial charge in [-0.3, -0.25) is 0 Å². The van der Waals surface area contributed by atoms with Crippen molar-refractivity contribution in [2.24, 2.45) is 0 Å². The summed E-state index contributed by atoms with van der Waals surface area (Å²) >= 11 is 0. The summed E-state index contributed by atoms with van der Waals surface area (Å²) in [6.45, 7) is 2.60. The molecule has 0 radical (unpaired) electrons. The van der Waals surface area contributed by atoms with E-state index in [0.717, 1.165) is 17.9 Å². The van der Waals surface area contributed by atoms with Crippen LogP contribution >= 0.6 is 0 Å². The van der Waals surface area contributed by atoms with Crippen LogP contribution in [0.25, 0.3) is 0 Å². The zero-order valence-electron chi connectivity index (χ0n) is 12.4. The number of anilines is 1. The van der Waals surface area contributed by atoms with Gasteiger partial charge in [-0.25, -0.2) is 9.97 Å². The maximum Gasteiger partial charge on any atom is 0.218 e. The Morgan fingerprint density at radius 3 is 2.75 bits per heavy atom. The Balaban J connectivity index is 1.64. The molecule has 2 aliphatic rings. The molecule has 1 aromatic rings. The fraction of sp³-hybridized carbons (Fsp3) is 0.733. The number of fused-ring (bicyclic) bond motifs is 2. The molecule has 3 rings (SSSR count). The summed E-state index contributed by atoms with van der Waals surface area (Å²) in [6, 6.07) is 3.88. The minimum Gasteiger partial charge on any atom is -0.478 e. The number of hydrogen-bond donors (Lipinski definition) is 1. The minimum atomic E-state index is 0.519. The lowest BCUT2D eigenvalue weighted by Gasteiger charge is -2.47. The van der Waals surface area contributed by atoms with Gasteiger partial charge in [-0.05, 0) is 39.7 Å². The van der Waals surface area contributed by atoms with Gasteiger partial charge in [0.05, 0.1) is 6.61 Å². The minimum absolute atomic E-state index is 0.519. The fourth-order valence-electron chi connectivity index (χ4n) is 3.59. The van der Waals surface area contributed by atoms with Crippen molar-refractivity contribution < 1.29 is 4.74 Å². The van der Waals surface area contributed by atoms with E-state index in [2.05, 4.69) is 27.2 Å². The average molecular weight is 276 g/mol. The van der Waals surface area contributed by atoms with Gasteiger partial charge in [0.2, 0.25) is 5.88 Å². The number of nitrogens with one attached hydrogen (secondary N) is 1. The van der Waals surface area contributed by atoms with E-state index in [4.69, 9.17) is 4.74 Å². The molecular formula is C15H24N4O. The second-order valence-corrected chi connectivity index (χ2v) is 5.89. The highest BCUT2D eigenvalue weighted by Crippen LogP contribution is 2.33. The maximum atomic E-state index is 5.43. The van der Waals surface area contributed by atoms with E-state index in [1.54, 1.807) is 6.33 Å². The molecule has 2 bridgehead atoms. The van der Waals surface area contributed by atoms with E-state index in [1.165, 1.54) is 32.1 Å². The number of hydrogen-bond acceptors (Lipinski definition) is 5. The molecule has 3 heterocycles.